The SMILES string of the molecule is CSCC1CCCN(C(=O)NC2CCC(C(=O)O)CC2)C1. The molecule has 1 aliphatic carbocycles. The van der Waals surface area contributed by atoms with E-state index < -0.39 is 5.97 Å². The van der Waals surface area contributed by atoms with E-state index in [1.165, 1.54) is 6.42 Å². The lowest BCUT2D eigenvalue weighted by Crippen LogP contribution is -2.49. The van der Waals surface area contributed by atoms with Gasteiger partial charge in [0.05, 0.1) is 5.92 Å². The molecule has 0 spiro atoms. The van der Waals surface area contributed by atoms with Gasteiger partial charge in [0.1, 0.15) is 0 Å². The van der Waals surface area contributed by atoms with Gasteiger partial charge in [0.2, 0.25) is 0 Å². The molecule has 5 nitrogen and oxygen atoms in total. The van der Waals surface area contributed by atoms with Gasteiger partial charge in [-0.25, -0.2) is 4.79 Å². The van der Waals surface area contributed by atoms with Gasteiger partial charge in [0.25, 0.3) is 0 Å². The van der Waals surface area contributed by atoms with Gasteiger partial charge in [0, 0.05) is 19.1 Å². The lowest BCUT2D eigenvalue weighted by atomic mass is 9.86. The number of carboxylic acids is 1. The minimum atomic E-state index is -0.698. The molecule has 0 bridgehead atoms. The van der Waals surface area contributed by atoms with Gasteiger partial charge < -0.3 is 15.3 Å². The summed E-state index contributed by atoms with van der Waals surface area (Å²) in [6.07, 6.45) is 7.33. The highest BCUT2D eigenvalue weighted by Gasteiger charge is 2.29. The predicted molar refractivity (Wildman–Crippen MR) is 84.6 cm³/mol. The summed E-state index contributed by atoms with van der Waals surface area (Å²) in [4.78, 5) is 25.2. The number of amides is 2. The first kappa shape index (κ1) is 16.5. The smallest absolute Gasteiger partial charge is 0.317 e. The summed E-state index contributed by atoms with van der Waals surface area (Å²) in [6.45, 7) is 1.71. The second-order valence-corrected chi connectivity index (χ2v) is 7.16. The molecule has 2 fully saturated rings. The normalized spacial score (nSPS) is 30.0. The Hall–Kier alpha value is -0.910. The first-order valence-electron chi connectivity index (χ1n) is 7.87. The lowest BCUT2D eigenvalue weighted by Gasteiger charge is -2.35. The molecule has 2 aliphatic rings. The molecule has 2 rings (SSSR count). The molecule has 6 heteroatoms. The maximum atomic E-state index is 12.3. The molecule has 1 heterocycles. The maximum absolute atomic E-state index is 12.3. The van der Waals surface area contributed by atoms with Crippen molar-refractivity contribution in [3.63, 3.8) is 0 Å². The standard InChI is InChI=1S/C15H26N2O3S/c1-21-10-11-3-2-8-17(9-11)15(20)16-13-6-4-12(5-7-13)14(18)19/h11-13H,2-10H2,1H3,(H,16,20)(H,18,19). The van der Waals surface area contributed by atoms with Crippen LogP contribution in [0.15, 0.2) is 0 Å². The summed E-state index contributed by atoms with van der Waals surface area (Å²) in [7, 11) is 0. The van der Waals surface area contributed by atoms with Crippen molar-refractivity contribution >= 4 is 23.8 Å². The second kappa shape index (κ2) is 7.92. The molecule has 2 N–H and O–H groups in total. The van der Waals surface area contributed by atoms with E-state index in [-0.39, 0.29) is 18.0 Å². The van der Waals surface area contributed by atoms with E-state index >= 15 is 0 Å². The number of urea groups is 1. The van der Waals surface area contributed by atoms with E-state index in [2.05, 4.69) is 11.6 Å². The first-order valence-corrected chi connectivity index (χ1v) is 9.26. The van der Waals surface area contributed by atoms with Crippen LogP contribution < -0.4 is 5.32 Å². The second-order valence-electron chi connectivity index (χ2n) is 6.25. The van der Waals surface area contributed by atoms with Crippen molar-refractivity contribution in [2.24, 2.45) is 11.8 Å². The van der Waals surface area contributed by atoms with Crippen LogP contribution in [0.3, 0.4) is 0 Å². The van der Waals surface area contributed by atoms with E-state index in [0.29, 0.717) is 18.8 Å². The fourth-order valence-corrected chi connectivity index (χ4v) is 4.12. The van der Waals surface area contributed by atoms with Gasteiger partial charge in [-0.2, -0.15) is 11.8 Å². The average molecular weight is 314 g/mol. The third-order valence-corrected chi connectivity index (χ3v) is 5.42. The van der Waals surface area contributed by atoms with Crippen LogP contribution in [0.1, 0.15) is 38.5 Å². The van der Waals surface area contributed by atoms with Gasteiger partial charge in [0.15, 0.2) is 0 Å². The van der Waals surface area contributed by atoms with Crippen LogP contribution in [0.25, 0.3) is 0 Å². The van der Waals surface area contributed by atoms with Crippen LogP contribution in [0.4, 0.5) is 4.79 Å². The van der Waals surface area contributed by atoms with Crippen molar-refractivity contribution in [1.29, 1.82) is 0 Å². The molecule has 0 aromatic heterocycles. The van der Waals surface area contributed by atoms with E-state index in [4.69, 9.17) is 5.11 Å². The Morgan fingerprint density at radius 3 is 2.57 bits per heavy atom. The Balaban J connectivity index is 1.75. The molecule has 1 saturated heterocycles. The van der Waals surface area contributed by atoms with E-state index in [9.17, 15) is 9.59 Å². The van der Waals surface area contributed by atoms with E-state index in [1.807, 2.05) is 16.7 Å². The van der Waals surface area contributed by atoms with Crippen molar-refractivity contribution in [3.05, 3.63) is 0 Å². The van der Waals surface area contributed by atoms with Gasteiger partial charge in [-0.3, -0.25) is 4.79 Å². The zero-order valence-corrected chi connectivity index (χ0v) is 13.5. The first-order chi connectivity index (χ1) is 10.1. The Labute approximate surface area is 130 Å². The molecule has 0 aromatic carbocycles. The van der Waals surface area contributed by atoms with E-state index in [0.717, 1.165) is 38.1 Å². The number of carboxylic acid groups (broad SMARTS) is 1. The maximum Gasteiger partial charge on any atom is 0.317 e. The highest BCUT2D eigenvalue weighted by atomic mass is 32.2. The number of rotatable bonds is 4. The molecule has 1 saturated carbocycles. The number of hydrogen-bond donors (Lipinski definition) is 2. The molecule has 0 radical (unpaired) electrons. The molecule has 120 valence electrons. The van der Waals surface area contributed by atoms with Crippen molar-refractivity contribution in [2.75, 3.05) is 25.1 Å². The topological polar surface area (TPSA) is 69.6 Å². The lowest BCUT2D eigenvalue weighted by molar-refractivity contribution is -0.142. The number of nitrogens with zero attached hydrogens (tertiary/aromatic N) is 1. The molecule has 0 aromatic rings. The number of likely N-dealkylation sites (tertiary alicyclic amines) is 1. The van der Waals surface area contributed by atoms with Gasteiger partial charge >= 0.3 is 12.0 Å². The number of aliphatic carboxylic acids is 1. The zero-order chi connectivity index (χ0) is 15.2. The Kier molecular flexibility index (Phi) is 6.21. The monoisotopic (exact) mass is 314 g/mol. The van der Waals surface area contributed by atoms with Gasteiger partial charge in [-0.05, 0) is 56.5 Å². The summed E-state index contributed by atoms with van der Waals surface area (Å²) < 4.78 is 0. The Bertz CT molecular complexity index is 368. The minimum absolute atomic E-state index is 0.0413. The van der Waals surface area contributed by atoms with E-state index in [1.54, 1.807) is 0 Å². The fraction of sp³-hybridized carbons (Fsp3) is 0.867. The van der Waals surface area contributed by atoms with Crippen molar-refractivity contribution in [3.8, 4) is 0 Å². The number of carbonyl (C=O) groups is 2. The molecule has 1 aliphatic heterocycles. The molecule has 1 unspecified atom stereocenters. The number of piperidine rings is 1. The fourth-order valence-electron chi connectivity index (χ4n) is 3.37. The number of hydrogen-bond acceptors (Lipinski definition) is 3. The summed E-state index contributed by atoms with van der Waals surface area (Å²) in [6, 6.07) is 0.189. The number of carbonyl (C=O) groups excluding carboxylic acids is 1. The van der Waals surface area contributed by atoms with Crippen molar-refractivity contribution in [1.82, 2.24) is 10.2 Å². The van der Waals surface area contributed by atoms with Crippen molar-refractivity contribution < 1.29 is 14.7 Å². The molecular weight excluding hydrogens is 288 g/mol. The van der Waals surface area contributed by atoms with Crippen LogP contribution in [0.5, 0.6) is 0 Å². The van der Waals surface area contributed by atoms with Crippen LogP contribution in [0, 0.1) is 11.8 Å². The highest BCUT2D eigenvalue weighted by Crippen LogP contribution is 2.25. The van der Waals surface area contributed by atoms with Crippen LogP contribution in [0.2, 0.25) is 0 Å². The highest BCUT2D eigenvalue weighted by molar-refractivity contribution is 7.98. The Morgan fingerprint density at radius 2 is 1.95 bits per heavy atom. The predicted octanol–water partition coefficient (Wildman–Crippen LogP) is 2.41. The third kappa shape index (κ3) is 4.80. The number of nitrogens with one attached hydrogen (secondary N) is 1. The zero-order valence-electron chi connectivity index (χ0n) is 12.7. The van der Waals surface area contributed by atoms with Gasteiger partial charge in [-0.1, -0.05) is 0 Å². The summed E-state index contributed by atoms with van der Waals surface area (Å²) in [5, 5.41) is 12.1. The van der Waals surface area contributed by atoms with Crippen LogP contribution in [-0.2, 0) is 4.79 Å². The van der Waals surface area contributed by atoms with Gasteiger partial charge in [-0.15, -0.1) is 0 Å². The molecule has 2 amide bonds. The molecule has 1 atom stereocenters. The molecular formula is C15H26N2O3S. The molecule has 21 heavy (non-hydrogen) atoms. The quantitative estimate of drug-likeness (QED) is 0.836. The van der Waals surface area contributed by atoms with Crippen LogP contribution >= 0.6 is 11.8 Å². The third-order valence-electron chi connectivity index (χ3n) is 4.61. The van der Waals surface area contributed by atoms with Crippen molar-refractivity contribution in [2.45, 2.75) is 44.6 Å². The summed E-state index contributed by atoms with van der Waals surface area (Å²) in [5.41, 5.74) is 0. The summed E-state index contributed by atoms with van der Waals surface area (Å²) >= 11 is 1.85. The largest absolute Gasteiger partial charge is 0.481 e. The Morgan fingerprint density at radius 1 is 1.24 bits per heavy atom. The number of thioether (sulfide) groups is 1. The summed E-state index contributed by atoms with van der Waals surface area (Å²) in [5.74, 6) is 0.810. The van der Waals surface area contributed by atoms with Crippen LogP contribution in [-0.4, -0.2) is 53.1 Å². The average Bonchev–Trinajstić information content (AvgIpc) is 2.48. The minimum Gasteiger partial charge on any atom is -0.481 e.